The topological polar surface area (TPSA) is 55.2 Å². The molecule has 0 spiro atoms. The summed E-state index contributed by atoms with van der Waals surface area (Å²) in [6.45, 7) is 0. The maximum absolute atomic E-state index is 10.2. The second kappa shape index (κ2) is 5.25. The maximum Gasteiger partial charge on any atom is 0.126 e. The molecule has 1 N–H and O–H groups in total. The Morgan fingerprint density at radius 1 is 1.35 bits per heavy atom. The smallest absolute Gasteiger partial charge is 0.126 e. The number of hydrogen-bond donors (Lipinski definition) is 1. The summed E-state index contributed by atoms with van der Waals surface area (Å²) < 4.78 is 6.09. The maximum atomic E-state index is 10.2. The lowest BCUT2D eigenvalue weighted by atomic mass is 10.1. The first kappa shape index (κ1) is 12.0. The monoisotopic (exact) mass is 294 g/mol. The molecule has 0 amide bonds. The molecule has 1 atom stereocenters. The van der Waals surface area contributed by atoms with Crippen molar-refractivity contribution in [1.29, 1.82) is 0 Å². The summed E-state index contributed by atoms with van der Waals surface area (Å²) in [4.78, 5) is 8.01. The molecule has 0 saturated heterocycles. The van der Waals surface area contributed by atoms with Crippen LogP contribution in [0, 0.1) is 0 Å². The molecule has 0 aliphatic heterocycles. The lowest BCUT2D eigenvalue weighted by molar-refractivity contribution is 0.209. The predicted molar refractivity (Wildman–Crippen MR) is 66.8 cm³/mol. The van der Waals surface area contributed by atoms with Crippen LogP contribution in [-0.4, -0.2) is 22.2 Å². The summed E-state index contributed by atoms with van der Waals surface area (Å²) in [5, 5.41) is 10.2. The molecular weight excluding hydrogens is 284 g/mol. The number of rotatable bonds is 3. The minimum absolute atomic E-state index is 0.490. The van der Waals surface area contributed by atoms with Crippen LogP contribution < -0.4 is 4.74 Å². The number of methoxy groups -OCH3 is 1. The van der Waals surface area contributed by atoms with Gasteiger partial charge in [-0.1, -0.05) is 15.9 Å². The zero-order chi connectivity index (χ0) is 12.3. The van der Waals surface area contributed by atoms with Gasteiger partial charge in [-0.05, 0) is 18.2 Å². The fraction of sp³-hybridized carbons (Fsp3) is 0.167. The number of ether oxygens (including phenoxy) is 1. The van der Waals surface area contributed by atoms with Crippen molar-refractivity contribution in [2.45, 2.75) is 6.10 Å². The van der Waals surface area contributed by atoms with Gasteiger partial charge in [-0.25, -0.2) is 0 Å². The van der Waals surface area contributed by atoms with Crippen molar-refractivity contribution in [2.24, 2.45) is 0 Å². The van der Waals surface area contributed by atoms with Crippen LogP contribution in [-0.2, 0) is 0 Å². The Balaban J connectivity index is 2.43. The highest BCUT2D eigenvalue weighted by atomic mass is 79.9. The minimum Gasteiger partial charge on any atom is -0.496 e. The molecule has 17 heavy (non-hydrogen) atoms. The van der Waals surface area contributed by atoms with Crippen LogP contribution in [0.25, 0.3) is 0 Å². The largest absolute Gasteiger partial charge is 0.496 e. The third-order valence-corrected chi connectivity index (χ3v) is 2.84. The molecule has 4 nitrogen and oxygen atoms in total. The van der Waals surface area contributed by atoms with Gasteiger partial charge in [0.15, 0.2) is 0 Å². The zero-order valence-corrected chi connectivity index (χ0v) is 10.8. The number of aromatic nitrogens is 2. The SMILES string of the molecule is COc1ccc(Br)cc1C(O)c1cnccn1. The standard InChI is InChI=1S/C12H11BrN2O2/c1-17-11-3-2-8(13)6-9(11)12(16)10-7-14-4-5-15-10/h2-7,12,16H,1H3. The van der Waals surface area contributed by atoms with Gasteiger partial charge >= 0.3 is 0 Å². The molecule has 1 unspecified atom stereocenters. The highest BCUT2D eigenvalue weighted by molar-refractivity contribution is 9.10. The van der Waals surface area contributed by atoms with E-state index in [-0.39, 0.29) is 0 Å². The molecule has 1 aromatic carbocycles. The summed E-state index contributed by atoms with van der Waals surface area (Å²) in [5.74, 6) is 0.617. The van der Waals surface area contributed by atoms with Crippen molar-refractivity contribution in [2.75, 3.05) is 7.11 Å². The first-order valence-electron chi connectivity index (χ1n) is 5.00. The number of aliphatic hydroxyl groups is 1. The highest BCUT2D eigenvalue weighted by Gasteiger charge is 2.17. The predicted octanol–water partition coefficient (Wildman–Crippen LogP) is 2.33. The van der Waals surface area contributed by atoms with E-state index in [9.17, 15) is 5.11 Å². The first-order valence-corrected chi connectivity index (χ1v) is 5.79. The van der Waals surface area contributed by atoms with Crippen LogP contribution >= 0.6 is 15.9 Å². The molecule has 5 heteroatoms. The summed E-state index contributed by atoms with van der Waals surface area (Å²) >= 11 is 3.36. The Kier molecular flexibility index (Phi) is 3.71. The molecule has 1 heterocycles. The highest BCUT2D eigenvalue weighted by Crippen LogP contribution is 2.31. The fourth-order valence-electron chi connectivity index (χ4n) is 1.53. The van der Waals surface area contributed by atoms with Crippen molar-refractivity contribution in [1.82, 2.24) is 9.97 Å². The van der Waals surface area contributed by atoms with Crippen molar-refractivity contribution in [3.05, 3.63) is 52.5 Å². The minimum atomic E-state index is -0.851. The number of nitrogens with zero attached hydrogens (tertiary/aromatic N) is 2. The zero-order valence-electron chi connectivity index (χ0n) is 9.17. The number of benzene rings is 1. The number of aliphatic hydroxyl groups excluding tert-OH is 1. The molecule has 88 valence electrons. The van der Waals surface area contributed by atoms with Gasteiger partial charge in [0.2, 0.25) is 0 Å². The average molecular weight is 295 g/mol. The van der Waals surface area contributed by atoms with E-state index in [1.165, 1.54) is 6.20 Å². The van der Waals surface area contributed by atoms with Crippen LogP contribution in [0.15, 0.2) is 41.3 Å². The molecule has 0 aliphatic carbocycles. The van der Waals surface area contributed by atoms with E-state index in [2.05, 4.69) is 25.9 Å². The van der Waals surface area contributed by atoms with Gasteiger partial charge in [-0.3, -0.25) is 9.97 Å². The Bertz CT molecular complexity index is 505. The lowest BCUT2D eigenvalue weighted by Gasteiger charge is -2.14. The molecule has 2 rings (SSSR count). The van der Waals surface area contributed by atoms with Gasteiger partial charge in [-0.15, -0.1) is 0 Å². The number of hydrogen-bond acceptors (Lipinski definition) is 4. The van der Waals surface area contributed by atoms with E-state index in [0.29, 0.717) is 17.0 Å². The van der Waals surface area contributed by atoms with E-state index < -0.39 is 6.10 Å². The van der Waals surface area contributed by atoms with Gasteiger partial charge in [0, 0.05) is 22.4 Å². The van der Waals surface area contributed by atoms with Crippen LogP contribution in [0.5, 0.6) is 5.75 Å². The quantitative estimate of drug-likeness (QED) is 0.944. The Labute approximate surface area is 107 Å². The number of halogens is 1. The van der Waals surface area contributed by atoms with Crippen molar-refractivity contribution in [3.63, 3.8) is 0 Å². The molecule has 0 radical (unpaired) electrons. The third-order valence-electron chi connectivity index (χ3n) is 2.35. The molecule has 0 saturated carbocycles. The molecule has 2 aromatic rings. The van der Waals surface area contributed by atoms with Gasteiger partial charge in [-0.2, -0.15) is 0 Å². The molecule has 0 fully saturated rings. The lowest BCUT2D eigenvalue weighted by Crippen LogP contribution is -2.04. The Hall–Kier alpha value is -1.46. The van der Waals surface area contributed by atoms with Crippen molar-refractivity contribution >= 4 is 15.9 Å². The second-order valence-electron chi connectivity index (χ2n) is 3.42. The van der Waals surface area contributed by atoms with E-state index in [1.807, 2.05) is 6.07 Å². The summed E-state index contributed by atoms with van der Waals surface area (Å²) in [6.07, 6.45) is 3.79. The molecule has 1 aromatic heterocycles. The van der Waals surface area contributed by atoms with Crippen LogP contribution in [0.3, 0.4) is 0 Å². The van der Waals surface area contributed by atoms with Crippen molar-refractivity contribution in [3.8, 4) is 5.75 Å². The van der Waals surface area contributed by atoms with Crippen LogP contribution in [0.4, 0.5) is 0 Å². The van der Waals surface area contributed by atoms with Crippen LogP contribution in [0.1, 0.15) is 17.4 Å². The van der Waals surface area contributed by atoms with E-state index in [1.54, 1.807) is 31.6 Å². The summed E-state index contributed by atoms with van der Waals surface area (Å²) in [7, 11) is 1.57. The first-order chi connectivity index (χ1) is 8.22. The summed E-state index contributed by atoms with van der Waals surface area (Å²) in [6, 6.07) is 5.45. The Morgan fingerprint density at radius 2 is 2.18 bits per heavy atom. The van der Waals surface area contributed by atoms with E-state index in [4.69, 9.17) is 4.74 Å². The summed E-state index contributed by atoms with van der Waals surface area (Å²) in [5.41, 5.74) is 1.14. The molecule has 0 bridgehead atoms. The van der Waals surface area contributed by atoms with E-state index in [0.717, 1.165) is 4.47 Å². The Morgan fingerprint density at radius 3 is 2.82 bits per heavy atom. The third kappa shape index (κ3) is 2.62. The van der Waals surface area contributed by atoms with Gasteiger partial charge in [0.05, 0.1) is 19.0 Å². The molecular formula is C12H11BrN2O2. The molecule has 0 aliphatic rings. The van der Waals surface area contributed by atoms with Gasteiger partial charge < -0.3 is 9.84 Å². The van der Waals surface area contributed by atoms with Crippen LogP contribution in [0.2, 0.25) is 0 Å². The average Bonchev–Trinajstić information content (AvgIpc) is 2.39. The van der Waals surface area contributed by atoms with Crippen molar-refractivity contribution < 1.29 is 9.84 Å². The second-order valence-corrected chi connectivity index (χ2v) is 4.33. The fourth-order valence-corrected chi connectivity index (χ4v) is 1.91. The van der Waals surface area contributed by atoms with E-state index >= 15 is 0 Å². The van der Waals surface area contributed by atoms with Gasteiger partial charge in [0.25, 0.3) is 0 Å². The van der Waals surface area contributed by atoms with Gasteiger partial charge in [0.1, 0.15) is 11.9 Å². The normalized spacial score (nSPS) is 12.2.